The number of anilines is 1. The molecule has 0 atom stereocenters. The zero-order valence-electron chi connectivity index (χ0n) is 18.4. The maximum Gasteiger partial charge on any atom is 0.243 e. The Morgan fingerprint density at radius 3 is 1.67 bits per heavy atom. The fraction of sp³-hybridized carbons (Fsp3) is 0.435. The van der Waals surface area contributed by atoms with Gasteiger partial charge in [0, 0.05) is 45.0 Å². The van der Waals surface area contributed by atoms with Crippen LogP contribution in [-0.2, 0) is 20.0 Å². The van der Waals surface area contributed by atoms with Gasteiger partial charge in [0.2, 0.25) is 20.0 Å². The van der Waals surface area contributed by atoms with Crippen LogP contribution in [0.25, 0.3) is 0 Å². The molecule has 0 unspecified atom stereocenters. The fourth-order valence-electron chi connectivity index (χ4n) is 4.33. The normalized spacial score (nSPS) is 19.1. The molecule has 0 aromatic heterocycles. The Bertz CT molecular complexity index is 1210. The third-order valence-corrected chi connectivity index (χ3v) is 10.1. The van der Waals surface area contributed by atoms with E-state index >= 15 is 0 Å². The van der Waals surface area contributed by atoms with Gasteiger partial charge in [-0.3, -0.25) is 0 Å². The molecule has 2 heterocycles. The Balaban J connectivity index is 1.47. The number of benzene rings is 2. The van der Waals surface area contributed by atoms with Crippen LogP contribution >= 0.6 is 0 Å². The minimum absolute atomic E-state index is 0.104. The third-order valence-electron chi connectivity index (χ3n) is 6.23. The Hall–Kier alpha value is -2.45. The molecule has 2 aliphatic heterocycles. The quantitative estimate of drug-likeness (QED) is 0.641. The first-order valence-electron chi connectivity index (χ1n) is 11.2. The molecule has 2 saturated heterocycles. The summed E-state index contributed by atoms with van der Waals surface area (Å²) in [6.45, 7) is 2.98. The van der Waals surface area contributed by atoms with Gasteiger partial charge in [0.25, 0.3) is 0 Å². The molecule has 2 fully saturated rings. The smallest absolute Gasteiger partial charge is 0.243 e. The average Bonchev–Trinajstić information content (AvgIpc) is 3.12. The van der Waals surface area contributed by atoms with E-state index in [1.807, 2.05) is 12.1 Å². The molecular formula is C23H28N4O4S2. The van der Waals surface area contributed by atoms with Crippen LogP contribution < -0.4 is 4.90 Å². The minimum atomic E-state index is -3.73. The summed E-state index contributed by atoms with van der Waals surface area (Å²) in [6.07, 6.45) is 3.39. The molecule has 0 bridgehead atoms. The molecule has 176 valence electrons. The molecular weight excluding hydrogens is 460 g/mol. The Morgan fingerprint density at radius 1 is 0.606 bits per heavy atom. The number of piperidine rings is 1. The molecule has 0 radical (unpaired) electrons. The summed E-state index contributed by atoms with van der Waals surface area (Å²) in [5, 5.41) is 8.97. The predicted molar refractivity (Wildman–Crippen MR) is 126 cm³/mol. The fourth-order valence-corrected chi connectivity index (χ4v) is 7.31. The topological polar surface area (TPSA) is 102 Å². The maximum absolute atomic E-state index is 13.2. The number of nitrogens with zero attached hydrogens (tertiary/aromatic N) is 4. The van der Waals surface area contributed by atoms with Crippen molar-refractivity contribution in [2.75, 3.05) is 44.2 Å². The summed E-state index contributed by atoms with van der Waals surface area (Å²) in [4.78, 5) is 2.35. The number of hydrogen-bond acceptors (Lipinski definition) is 6. The van der Waals surface area contributed by atoms with E-state index in [1.54, 1.807) is 12.1 Å². The molecule has 0 saturated carbocycles. The molecule has 0 amide bonds. The Labute approximate surface area is 196 Å². The number of nitriles is 1. The van der Waals surface area contributed by atoms with Gasteiger partial charge in [-0.2, -0.15) is 13.9 Å². The van der Waals surface area contributed by atoms with Crippen molar-refractivity contribution in [1.29, 1.82) is 5.26 Å². The molecule has 2 aromatic rings. The number of sulfonamides is 2. The van der Waals surface area contributed by atoms with Crippen LogP contribution in [0.2, 0.25) is 0 Å². The lowest BCUT2D eigenvalue weighted by molar-refractivity contribution is 0.346. The Kier molecular flexibility index (Phi) is 7.05. The highest BCUT2D eigenvalue weighted by Crippen LogP contribution is 2.25. The second-order valence-corrected chi connectivity index (χ2v) is 12.2. The van der Waals surface area contributed by atoms with E-state index < -0.39 is 20.0 Å². The first-order valence-corrected chi connectivity index (χ1v) is 14.1. The van der Waals surface area contributed by atoms with Gasteiger partial charge in [-0.15, -0.1) is 0 Å². The lowest BCUT2D eigenvalue weighted by Crippen LogP contribution is -2.36. The van der Waals surface area contributed by atoms with Crippen LogP contribution in [0.1, 0.15) is 31.2 Å². The average molecular weight is 489 g/mol. The van der Waals surface area contributed by atoms with Crippen molar-refractivity contribution >= 4 is 25.7 Å². The van der Waals surface area contributed by atoms with E-state index in [0.29, 0.717) is 51.3 Å². The van der Waals surface area contributed by atoms with Crippen molar-refractivity contribution in [2.45, 2.75) is 35.5 Å². The van der Waals surface area contributed by atoms with Crippen LogP contribution in [0, 0.1) is 11.3 Å². The van der Waals surface area contributed by atoms with Gasteiger partial charge in [-0.05, 0) is 67.8 Å². The van der Waals surface area contributed by atoms with E-state index in [-0.39, 0.29) is 9.79 Å². The zero-order chi connectivity index (χ0) is 23.5. The molecule has 0 aliphatic carbocycles. The zero-order valence-corrected chi connectivity index (χ0v) is 20.1. The van der Waals surface area contributed by atoms with Crippen molar-refractivity contribution in [1.82, 2.24) is 8.61 Å². The van der Waals surface area contributed by atoms with Crippen molar-refractivity contribution in [3.63, 3.8) is 0 Å². The summed E-state index contributed by atoms with van der Waals surface area (Å²) < 4.78 is 55.1. The number of hydrogen-bond donors (Lipinski definition) is 0. The van der Waals surface area contributed by atoms with Crippen molar-refractivity contribution in [3.05, 3.63) is 54.1 Å². The highest BCUT2D eigenvalue weighted by molar-refractivity contribution is 7.89. The highest BCUT2D eigenvalue weighted by atomic mass is 32.2. The first-order chi connectivity index (χ1) is 15.8. The van der Waals surface area contributed by atoms with E-state index in [4.69, 9.17) is 5.26 Å². The van der Waals surface area contributed by atoms with Gasteiger partial charge in [0.1, 0.15) is 0 Å². The predicted octanol–water partition coefficient (Wildman–Crippen LogP) is 2.63. The van der Waals surface area contributed by atoms with E-state index in [0.717, 1.165) is 24.9 Å². The van der Waals surface area contributed by atoms with Gasteiger partial charge in [0.05, 0.1) is 21.4 Å². The standard InChI is InChI=1S/C23H28N4O4S2/c24-19-20-5-7-21(8-6-20)25-13-4-16-27(18-17-25)33(30,31)23-11-9-22(10-12-23)32(28,29)26-14-2-1-3-15-26/h5-12H,1-4,13-18H2. The Morgan fingerprint density at radius 2 is 1.12 bits per heavy atom. The number of rotatable bonds is 5. The summed E-state index contributed by atoms with van der Waals surface area (Å²) in [5.74, 6) is 0. The minimum Gasteiger partial charge on any atom is -0.370 e. The van der Waals surface area contributed by atoms with Crippen LogP contribution in [0.5, 0.6) is 0 Å². The molecule has 0 spiro atoms. The summed E-state index contributed by atoms with van der Waals surface area (Å²) in [7, 11) is -7.33. The van der Waals surface area contributed by atoms with E-state index in [2.05, 4.69) is 11.0 Å². The van der Waals surface area contributed by atoms with Gasteiger partial charge >= 0.3 is 0 Å². The second-order valence-electron chi connectivity index (χ2n) is 8.34. The van der Waals surface area contributed by atoms with Crippen molar-refractivity contribution in [3.8, 4) is 6.07 Å². The highest BCUT2D eigenvalue weighted by Gasteiger charge is 2.29. The van der Waals surface area contributed by atoms with Crippen molar-refractivity contribution < 1.29 is 16.8 Å². The summed E-state index contributed by atoms with van der Waals surface area (Å²) >= 11 is 0. The van der Waals surface area contributed by atoms with Crippen LogP contribution in [0.3, 0.4) is 0 Å². The van der Waals surface area contributed by atoms with Crippen LogP contribution in [0.4, 0.5) is 5.69 Å². The van der Waals surface area contributed by atoms with E-state index in [9.17, 15) is 16.8 Å². The second kappa shape index (κ2) is 9.81. The molecule has 2 aromatic carbocycles. The van der Waals surface area contributed by atoms with Gasteiger partial charge in [0.15, 0.2) is 0 Å². The molecule has 8 nitrogen and oxygen atoms in total. The largest absolute Gasteiger partial charge is 0.370 e. The molecule has 2 aliphatic rings. The van der Waals surface area contributed by atoms with Crippen molar-refractivity contribution in [2.24, 2.45) is 0 Å². The van der Waals surface area contributed by atoms with Gasteiger partial charge < -0.3 is 4.90 Å². The van der Waals surface area contributed by atoms with Crippen LogP contribution in [0.15, 0.2) is 58.3 Å². The maximum atomic E-state index is 13.2. The van der Waals surface area contributed by atoms with E-state index in [1.165, 1.54) is 32.9 Å². The lowest BCUT2D eigenvalue weighted by atomic mass is 10.2. The van der Waals surface area contributed by atoms with Crippen LogP contribution in [-0.4, -0.2) is 64.7 Å². The molecule has 10 heteroatoms. The molecule has 4 rings (SSSR count). The monoisotopic (exact) mass is 488 g/mol. The summed E-state index contributed by atoms with van der Waals surface area (Å²) in [5.41, 5.74) is 1.55. The first kappa shape index (κ1) is 23.7. The SMILES string of the molecule is N#Cc1ccc(N2CCCN(S(=O)(=O)c3ccc(S(=O)(=O)N4CCCCC4)cc3)CC2)cc1. The molecule has 33 heavy (non-hydrogen) atoms. The van der Waals surface area contributed by atoms with Gasteiger partial charge in [-0.25, -0.2) is 16.8 Å². The molecule has 0 N–H and O–H groups in total. The van der Waals surface area contributed by atoms with Gasteiger partial charge in [-0.1, -0.05) is 6.42 Å². The lowest BCUT2D eigenvalue weighted by Gasteiger charge is -2.26. The summed E-state index contributed by atoms with van der Waals surface area (Å²) in [6, 6.07) is 15.0. The third kappa shape index (κ3) is 5.06.